The van der Waals surface area contributed by atoms with Crippen LogP contribution < -0.4 is 16.0 Å². The molecule has 3 aromatic rings. The Morgan fingerprint density at radius 3 is 2.25 bits per heavy atom. The fraction of sp³-hybridized carbons (Fsp3) is 0.100. The number of nitrogens with one attached hydrogen (secondary N) is 2. The van der Waals surface area contributed by atoms with Crippen LogP contribution in [0.25, 0.3) is 11.3 Å². The molecule has 0 bridgehead atoms. The van der Waals surface area contributed by atoms with E-state index < -0.39 is 21.5 Å². The number of aromatic nitrogens is 1. The standard InChI is InChI=1S/C20H19N3O4S/c21-28(26,27)16-8-6-14(7-9-16)12-13-22-19(24)17-10-11-18(23-20(17)25)15-4-2-1-3-5-15/h1-11H,12-13H2,(H,22,24)(H,23,25)(H2,21,26,27). The molecule has 0 saturated heterocycles. The van der Waals surface area contributed by atoms with Crippen LogP contribution in [0, 0.1) is 0 Å². The summed E-state index contributed by atoms with van der Waals surface area (Å²) < 4.78 is 22.5. The summed E-state index contributed by atoms with van der Waals surface area (Å²) >= 11 is 0. The smallest absolute Gasteiger partial charge is 0.261 e. The summed E-state index contributed by atoms with van der Waals surface area (Å²) in [5, 5.41) is 7.75. The van der Waals surface area contributed by atoms with E-state index in [0.717, 1.165) is 11.1 Å². The van der Waals surface area contributed by atoms with Gasteiger partial charge in [-0.25, -0.2) is 13.6 Å². The molecule has 2 aromatic carbocycles. The molecule has 1 amide bonds. The largest absolute Gasteiger partial charge is 0.352 e. The van der Waals surface area contributed by atoms with Crippen molar-refractivity contribution in [2.75, 3.05) is 6.54 Å². The Hall–Kier alpha value is -3.23. The fourth-order valence-corrected chi connectivity index (χ4v) is 3.22. The van der Waals surface area contributed by atoms with Crippen LogP contribution in [0.2, 0.25) is 0 Å². The Bertz CT molecular complexity index is 1140. The molecule has 1 heterocycles. The highest BCUT2D eigenvalue weighted by Crippen LogP contribution is 2.14. The molecular formula is C20H19N3O4S. The van der Waals surface area contributed by atoms with E-state index in [1.165, 1.54) is 18.2 Å². The van der Waals surface area contributed by atoms with Gasteiger partial charge in [0.05, 0.1) is 4.90 Å². The van der Waals surface area contributed by atoms with Gasteiger partial charge in [0.15, 0.2) is 0 Å². The van der Waals surface area contributed by atoms with Crippen molar-refractivity contribution in [3.8, 4) is 11.3 Å². The summed E-state index contributed by atoms with van der Waals surface area (Å²) in [5.41, 5.74) is 1.90. The van der Waals surface area contributed by atoms with Crippen LogP contribution in [0.3, 0.4) is 0 Å². The minimum Gasteiger partial charge on any atom is -0.352 e. The molecule has 28 heavy (non-hydrogen) atoms. The predicted octanol–water partition coefficient (Wildman–Crippen LogP) is 1.66. The SMILES string of the molecule is NS(=O)(=O)c1ccc(CCNC(=O)c2ccc(-c3ccccc3)[nH]c2=O)cc1. The Balaban J connectivity index is 1.61. The van der Waals surface area contributed by atoms with E-state index in [1.807, 2.05) is 30.3 Å². The third kappa shape index (κ3) is 4.73. The van der Waals surface area contributed by atoms with E-state index in [-0.39, 0.29) is 10.5 Å². The molecule has 4 N–H and O–H groups in total. The predicted molar refractivity (Wildman–Crippen MR) is 106 cm³/mol. The number of hydrogen-bond acceptors (Lipinski definition) is 4. The second-order valence-corrected chi connectivity index (χ2v) is 7.74. The van der Waals surface area contributed by atoms with Crippen LogP contribution >= 0.6 is 0 Å². The zero-order chi connectivity index (χ0) is 20.1. The number of carbonyl (C=O) groups excluding carboxylic acids is 1. The van der Waals surface area contributed by atoms with Crippen molar-refractivity contribution in [2.45, 2.75) is 11.3 Å². The van der Waals surface area contributed by atoms with E-state index in [9.17, 15) is 18.0 Å². The van der Waals surface area contributed by atoms with Crippen molar-refractivity contribution < 1.29 is 13.2 Å². The van der Waals surface area contributed by atoms with Crippen molar-refractivity contribution in [1.82, 2.24) is 10.3 Å². The van der Waals surface area contributed by atoms with E-state index in [2.05, 4.69) is 10.3 Å². The van der Waals surface area contributed by atoms with Crippen LogP contribution in [0.5, 0.6) is 0 Å². The number of hydrogen-bond donors (Lipinski definition) is 3. The summed E-state index contributed by atoms with van der Waals surface area (Å²) in [5.74, 6) is -0.470. The van der Waals surface area contributed by atoms with Gasteiger partial charge in [-0.05, 0) is 41.8 Å². The number of rotatable bonds is 6. The molecule has 0 aliphatic heterocycles. The summed E-state index contributed by atoms with van der Waals surface area (Å²) in [6.45, 7) is 0.299. The van der Waals surface area contributed by atoms with Crippen LogP contribution in [0.1, 0.15) is 15.9 Å². The molecule has 0 fully saturated rings. The first-order valence-corrected chi connectivity index (χ1v) is 10.1. The summed E-state index contributed by atoms with van der Waals surface area (Å²) in [4.78, 5) is 27.2. The fourth-order valence-electron chi connectivity index (χ4n) is 2.70. The van der Waals surface area contributed by atoms with Gasteiger partial charge >= 0.3 is 0 Å². The van der Waals surface area contributed by atoms with Gasteiger partial charge in [-0.1, -0.05) is 42.5 Å². The molecule has 0 radical (unpaired) electrons. The maximum Gasteiger partial charge on any atom is 0.261 e. The minimum atomic E-state index is -3.73. The van der Waals surface area contributed by atoms with Gasteiger partial charge in [0.25, 0.3) is 11.5 Å². The monoisotopic (exact) mass is 397 g/mol. The highest BCUT2D eigenvalue weighted by molar-refractivity contribution is 7.89. The molecule has 144 valence electrons. The van der Waals surface area contributed by atoms with Crippen LogP contribution in [-0.2, 0) is 16.4 Å². The molecule has 0 aliphatic carbocycles. The summed E-state index contributed by atoms with van der Waals surface area (Å²) in [6.07, 6.45) is 0.483. The van der Waals surface area contributed by atoms with Crippen LogP contribution in [0.4, 0.5) is 0 Å². The number of primary sulfonamides is 1. The summed E-state index contributed by atoms with van der Waals surface area (Å²) in [7, 11) is -3.73. The molecular weight excluding hydrogens is 378 g/mol. The average molecular weight is 397 g/mol. The molecule has 8 heteroatoms. The summed E-state index contributed by atoms with van der Waals surface area (Å²) in [6, 6.07) is 18.6. The van der Waals surface area contributed by atoms with Gasteiger partial charge in [-0.3, -0.25) is 9.59 Å². The van der Waals surface area contributed by atoms with Crippen molar-refractivity contribution in [1.29, 1.82) is 0 Å². The third-order valence-electron chi connectivity index (χ3n) is 4.19. The van der Waals surface area contributed by atoms with Gasteiger partial charge in [-0.2, -0.15) is 0 Å². The number of nitrogens with two attached hydrogens (primary N) is 1. The van der Waals surface area contributed by atoms with E-state index in [0.29, 0.717) is 18.7 Å². The lowest BCUT2D eigenvalue weighted by molar-refractivity contribution is 0.0952. The number of aromatic amines is 1. The van der Waals surface area contributed by atoms with Crippen molar-refractivity contribution >= 4 is 15.9 Å². The topological polar surface area (TPSA) is 122 Å². The molecule has 0 aliphatic rings. The van der Waals surface area contributed by atoms with Gasteiger partial charge in [0, 0.05) is 12.2 Å². The molecule has 0 unspecified atom stereocenters. The Labute approximate surface area is 162 Å². The normalized spacial score (nSPS) is 11.2. The van der Waals surface area contributed by atoms with Gasteiger partial charge in [0.2, 0.25) is 10.0 Å². The first kappa shape index (κ1) is 19.5. The van der Waals surface area contributed by atoms with Gasteiger partial charge < -0.3 is 10.3 Å². The lowest BCUT2D eigenvalue weighted by atomic mass is 10.1. The van der Waals surface area contributed by atoms with E-state index >= 15 is 0 Å². The minimum absolute atomic E-state index is 0.0317. The molecule has 1 aromatic heterocycles. The van der Waals surface area contributed by atoms with Crippen molar-refractivity contribution in [2.24, 2.45) is 5.14 Å². The first-order valence-electron chi connectivity index (χ1n) is 8.53. The van der Waals surface area contributed by atoms with E-state index in [1.54, 1.807) is 18.2 Å². The number of pyridine rings is 1. The molecule has 0 atom stereocenters. The number of carbonyl (C=O) groups is 1. The Kier molecular flexibility index (Phi) is 5.72. The third-order valence-corrected chi connectivity index (χ3v) is 5.12. The van der Waals surface area contributed by atoms with Gasteiger partial charge in [-0.15, -0.1) is 0 Å². The second kappa shape index (κ2) is 8.20. The van der Waals surface area contributed by atoms with Gasteiger partial charge in [0.1, 0.15) is 5.56 Å². The second-order valence-electron chi connectivity index (χ2n) is 6.18. The highest BCUT2D eigenvalue weighted by Gasteiger charge is 2.11. The molecule has 0 spiro atoms. The lowest BCUT2D eigenvalue weighted by Gasteiger charge is -2.07. The maximum absolute atomic E-state index is 12.3. The molecule has 7 nitrogen and oxygen atoms in total. The zero-order valence-electron chi connectivity index (χ0n) is 14.9. The number of sulfonamides is 1. The van der Waals surface area contributed by atoms with Crippen molar-refractivity contribution in [3.63, 3.8) is 0 Å². The number of amides is 1. The Morgan fingerprint density at radius 2 is 1.64 bits per heavy atom. The first-order chi connectivity index (χ1) is 13.3. The average Bonchev–Trinajstić information content (AvgIpc) is 2.68. The van der Waals surface area contributed by atoms with Crippen LogP contribution in [-0.4, -0.2) is 25.9 Å². The highest BCUT2D eigenvalue weighted by atomic mass is 32.2. The quantitative estimate of drug-likeness (QED) is 0.585. The van der Waals surface area contributed by atoms with Crippen molar-refractivity contribution in [3.05, 3.63) is 88.2 Å². The zero-order valence-corrected chi connectivity index (χ0v) is 15.7. The maximum atomic E-state index is 12.3. The lowest BCUT2D eigenvalue weighted by Crippen LogP contribution is -2.31. The van der Waals surface area contributed by atoms with Crippen LogP contribution in [0.15, 0.2) is 76.4 Å². The molecule has 0 saturated carbocycles. The number of H-pyrrole nitrogens is 1. The Morgan fingerprint density at radius 1 is 0.964 bits per heavy atom. The molecule has 3 rings (SSSR count). The number of benzene rings is 2. The van der Waals surface area contributed by atoms with E-state index in [4.69, 9.17) is 5.14 Å².